The van der Waals surface area contributed by atoms with Gasteiger partial charge >= 0.3 is 0 Å². The van der Waals surface area contributed by atoms with Crippen LogP contribution in [0.3, 0.4) is 0 Å². The standard InChI is InChI=1S/C27H36N4/c1-21-10-11-24(18-22(21)2)13-16-31-17-14-25(19-23(31)3)27(12-15-28-4)30-20-29-26-8-6-5-7-9-26/h10-12,14-15,17-19,26,29H,3-9,13,16,20H2,1-2H3/b15-12-,30-27+. The smallest absolute Gasteiger partial charge is 0.0894 e. The van der Waals surface area contributed by atoms with Crippen molar-refractivity contribution in [2.45, 2.75) is 58.4 Å². The average molecular weight is 417 g/mol. The third-order valence-corrected chi connectivity index (χ3v) is 6.21. The van der Waals surface area contributed by atoms with Gasteiger partial charge in [0.2, 0.25) is 0 Å². The maximum Gasteiger partial charge on any atom is 0.0894 e. The lowest BCUT2D eigenvalue weighted by molar-refractivity contribution is 0.378. The molecule has 1 aromatic rings. The van der Waals surface area contributed by atoms with E-state index in [0.29, 0.717) is 12.7 Å². The van der Waals surface area contributed by atoms with Gasteiger partial charge in [0.15, 0.2) is 0 Å². The molecule has 1 saturated carbocycles. The van der Waals surface area contributed by atoms with Crippen molar-refractivity contribution in [1.82, 2.24) is 10.2 Å². The molecule has 0 radical (unpaired) electrons. The fourth-order valence-electron chi connectivity index (χ4n) is 4.09. The van der Waals surface area contributed by atoms with Gasteiger partial charge in [0.25, 0.3) is 0 Å². The fraction of sp³-hybridized carbons (Fsp3) is 0.407. The summed E-state index contributed by atoms with van der Waals surface area (Å²) in [6.07, 6.45) is 17.4. The Labute approximate surface area is 187 Å². The minimum absolute atomic E-state index is 0.590. The lowest BCUT2D eigenvalue weighted by Crippen LogP contribution is -2.31. The van der Waals surface area contributed by atoms with Gasteiger partial charge in [0.05, 0.1) is 12.4 Å². The number of hydrogen-bond donors (Lipinski definition) is 1. The molecule has 164 valence electrons. The van der Waals surface area contributed by atoms with E-state index in [1.54, 1.807) is 6.20 Å². The number of nitrogens with one attached hydrogen (secondary N) is 1. The van der Waals surface area contributed by atoms with E-state index in [1.807, 2.05) is 6.08 Å². The molecule has 0 spiro atoms. The van der Waals surface area contributed by atoms with Crippen molar-refractivity contribution in [2.75, 3.05) is 13.2 Å². The van der Waals surface area contributed by atoms with E-state index in [1.165, 1.54) is 48.8 Å². The molecule has 0 aromatic heterocycles. The second kappa shape index (κ2) is 11.6. The van der Waals surface area contributed by atoms with Gasteiger partial charge in [-0.3, -0.25) is 15.3 Å². The van der Waals surface area contributed by atoms with E-state index in [9.17, 15) is 0 Å². The minimum Gasteiger partial charge on any atom is -0.348 e. The zero-order chi connectivity index (χ0) is 22.1. The van der Waals surface area contributed by atoms with Gasteiger partial charge < -0.3 is 4.90 Å². The van der Waals surface area contributed by atoms with Crippen LogP contribution >= 0.6 is 0 Å². The molecule has 0 amide bonds. The molecular weight excluding hydrogens is 380 g/mol. The van der Waals surface area contributed by atoms with E-state index >= 15 is 0 Å². The summed E-state index contributed by atoms with van der Waals surface area (Å²) in [5.74, 6) is 0. The van der Waals surface area contributed by atoms with Crippen molar-refractivity contribution in [3.8, 4) is 0 Å². The Morgan fingerprint density at radius 3 is 2.71 bits per heavy atom. The highest BCUT2D eigenvalue weighted by Gasteiger charge is 2.14. The highest BCUT2D eigenvalue weighted by molar-refractivity contribution is 6.10. The molecule has 1 aliphatic heterocycles. The Bertz CT molecular complexity index is 898. The normalized spacial score (nSPS) is 18.0. The third-order valence-electron chi connectivity index (χ3n) is 6.21. The van der Waals surface area contributed by atoms with Crippen molar-refractivity contribution >= 4 is 12.4 Å². The maximum atomic E-state index is 4.80. The molecule has 0 unspecified atom stereocenters. The number of nitrogens with zero attached hydrogens (tertiary/aromatic N) is 3. The van der Waals surface area contributed by atoms with E-state index in [4.69, 9.17) is 4.99 Å². The van der Waals surface area contributed by atoms with Crippen LogP contribution in [0.15, 0.2) is 76.7 Å². The number of aryl methyl sites for hydroxylation is 2. The molecule has 3 rings (SSSR count). The Hall–Kier alpha value is -2.72. The largest absolute Gasteiger partial charge is 0.348 e. The van der Waals surface area contributed by atoms with Crippen molar-refractivity contribution < 1.29 is 0 Å². The lowest BCUT2D eigenvalue weighted by atomic mass is 9.96. The molecule has 1 fully saturated rings. The van der Waals surface area contributed by atoms with Gasteiger partial charge in [-0.2, -0.15) is 0 Å². The van der Waals surface area contributed by atoms with E-state index in [-0.39, 0.29) is 0 Å². The fourth-order valence-corrected chi connectivity index (χ4v) is 4.09. The molecule has 1 N–H and O–H groups in total. The summed E-state index contributed by atoms with van der Waals surface area (Å²) >= 11 is 0. The molecule has 31 heavy (non-hydrogen) atoms. The molecular formula is C27H36N4. The van der Waals surface area contributed by atoms with E-state index in [0.717, 1.165) is 29.9 Å². The highest BCUT2D eigenvalue weighted by Crippen LogP contribution is 2.20. The van der Waals surface area contributed by atoms with Gasteiger partial charge in [0.1, 0.15) is 0 Å². The summed E-state index contributed by atoms with van der Waals surface area (Å²) < 4.78 is 0. The topological polar surface area (TPSA) is 40.0 Å². The van der Waals surface area contributed by atoms with Crippen molar-refractivity contribution in [3.63, 3.8) is 0 Å². The van der Waals surface area contributed by atoms with Crippen LogP contribution in [0.5, 0.6) is 0 Å². The maximum absolute atomic E-state index is 4.80. The van der Waals surface area contributed by atoms with E-state index in [2.05, 4.69) is 78.9 Å². The Kier molecular flexibility index (Phi) is 8.60. The van der Waals surface area contributed by atoms with Gasteiger partial charge in [-0.05, 0) is 74.7 Å². The summed E-state index contributed by atoms with van der Waals surface area (Å²) in [6, 6.07) is 7.29. The van der Waals surface area contributed by atoms with Crippen LogP contribution in [-0.4, -0.2) is 36.6 Å². The first-order chi connectivity index (χ1) is 15.1. The van der Waals surface area contributed by atoms with Crippen molar-refractivity contribution in [1.29, 1.82) is 0 Å². The summed E-state index contributed by atoms with van der Waals surface area (Å²) in [5.41, 5.74) is 6.98. The lowest BCUT2D eigenvalue weighted by Gasteiger charge is -2.25. The summed E-state index contributed by atoms with van der Waals surface area (Å²) in [7, 11) is 0. The molecule has 0 atom stereocenters. The first-order valence-corrected chi connectivity index (χ1v) is 11.4. The first kappa shape index (κ1) is 23.0. The van der Waals surface area contributed by atoms with Crippen LogP contribution in [0.1, 0.15) is 48.8 Å². The van der Waals surface area contributed by atoms with Crippen LogP contribution < -0.4 is 5.32 Å². The van der Waals surface area contributed by atoms with Crippen LogP contribution in [0.25, 0.3) is 0 Å². The van der Waals surface area contributed by atoms with Crippen LogP contribution in [0.4, 0.5) is 0 Å². The highest BCUT2D eigenvalue weighted by atomic mass is 15.1. The molecule has 1 aliphatic carbocycles. The number of allylic oxidation sites excluding steroid dienone is 4. The summed E-state index contributed by atoms with van der Waals surface area (Å²) in [4.78, 5) is 10.9. The number of hydrogen-bond acceptors (Lipinski definition) is 4. The third kappa shape index (κ3) is 6.90. The minimum atomic E-state index is 0.590. The first-order valence-electron chi connectivity index (χ1n) is 11.4. The second-order valence-corrected chi connectivity index (χ2v) is 8.51. The quantitative estimate of drug-likeness (QED) is 0.528. The number of aliphatic imine (C=N–C) groups is 2. The molecule has 4 heteroatoms. The van der Waals surface area contributed by atoms with Crippen LogP contribution in [0, 0.1) is 13.8 Å². The summed E-state index contributed by atoms with van der Waals surface area (Å²) in [5, 5.41) is 3.58. The van der Waals surface area contributed by atoms with Gasteiger partial charge in [-0.1, -0.05) is 44.0 Å². The Balaban J connectivity index is 1.60. The summed E-state index contributed by atoms with van der Waals surface area (Å²) in [6.45, 7) is 13.7. The van der Waals surface area contributed by atoms with Gasteiger partial charge in [-0.15, -0.1) is 0 Å². The average Bonchev–Trinajstić information content (AvgIpc) is 2.78. The zero-order valence-corrected chi connectivity index (χ0v) is 19.1. The molecule has 4 nitrogen and oxygen atoms in total. The number of benzene rings is 1. The van der Waals surface area contributed by atoms with Crippen molar-refractivity contribution in [3.05, 3.63) is 83.4 Å². The van der Waals surface area contributed by atoms with Gasteiger partial charge in [-0.25, -0.2) is 0 Å². The monoisotopic (exact) mass is 416 g/mol. The Morgan fingerprint density at radius 2 is 2.00 bits per heavy atom. The second-order valence-electron chi connectivity index (χ2n) is 8.51. The van der Waals surface area contributed by atoms with Crippen LogP contribution in [0.2, 0.25) is 0 Å². The number of rotatable bonds is 9. The molecule has 0 bridgehead atoms. The molecule has 1 heterocycles. The predicted octanol–water partition coefficient (Wildman–Crippen LogP) is 5.65. The van der Waals surface area contributed by atoms with Crippen LogP contribution in [-0.2, 0) is 6.42 Å². The molecule has 0 saturated heterocycles. The molecule has 1 aromatic carbocycles. The Morgan fingerprint density at radius 1 is 1.19 bits per heavy atom. The van der Waals surface area contributed by atoms with Gasteiger partial charge in [0, 0.05) is 36.3 Å². The predicted molar refractivity (Wildman–Crippen MR) is 134 cm³/mol. The molecule has 2 aliphatic rings. The SMILES string of the molecule is C=N/C=C\C(=N/CNC1CCCCC1)C1=CC(=C)N(CCc2ccc(C)c(C)c2)C=C1. The van der Waals surface area contributed by atoms with E-state index < -0.39 is 0 Å². The van der Waals surface area contributed by atoms with Crippen molar-refractivity contribution in [2.24, 2.45) is 9.98 Å². The zero-order valence-electron chi connectivity index (χ0n) is 19.1.